The van der Waals surface area contributed by atoms with Crippen LogP contribution in [0.25, 0.3) is 10.8 Å². The molecule has 2 atom stereocenters. The van der Waals surface area contributed by atoms with Crippen molar-refractivity contribution in [2.75, 3.05) is 0 Å². The van der Waals surface area contributed by atoms with Crippen LogP contribution in [0.5, 0.6) is 0 Å². The fourth-order valence-electron chi connectivity index (χ4n) is 6.34. The zero-order chi connectivity index (χ0) is 24.3. The van der Waals surface area contributed by atoms with Gasteiger partial charge in [-0.2, -0.15) is 0 Å². The highest BCUT2D eigenvalue weighted by Gasteiger charge is 2.45. The number of nitrogens with zero attached hydrogens (tertiary/aromatic N) is 1. The van der Waals surface area contributed by atoms with Crippen LogP contribution in [0.2, 0.25) is 0 Å². The van der Waals surface area contributed by atoms with Gasteiger partial charge in [-0.05, 0) is 52.6 Å². The van der Waals surface area contributed by atoms with E-state index in [4.69, 9.17) is 4.74 Å². The van der Waals surface area contributed by atoms with Crippen LogP contribution in [-0.4, -0.2) is 28.7 Å². The van der Waals surface area contributed by atoms with Gasteiger partial charge in [0.25, 0.3) is 11.8 Å². The molecule has 2 aromatic rings. The van der Waals surface area contributed by atoms with Gasteiger partial charge in [-0.1, -0.05) is 48.6 Å². The maximum atomic E-state index is 14.0. The predicted molar refractivity (Wildman–Crippen MR) is 130 cm³/mol. The second-order valence-electron chi connectivity index (χ2n) is 9.52. The number of ether oxygens (including phenoxy) is 1. The summed E-state index contributed by atoms with van der Waals surface area (Å²) in [7, 11) is 0. The minimum Gasteiger partial charge on any atom is -0.386 e. The third kappa shape index (κ3) is 2.22. The topological polar surface area (TPSA) is 80.8 Å². The summed E-state index contributed by atoms with van der Waals surface area (Å²) in [6.07, 6.45) is 18.3. The molecule has 0 bridgehead atoms. The number of carbonyl (C=O) groups excluding carboxylic acids is 4. The Labute approximate surface area is 204 Å². The number of esters is 2. The Kier molecular flexibility index (Phi) is 3.48. The molecule has 0 saturated heterocycles. The van der Waals surface area contributed by atoms with Crippen LogP contribution in [-0.2, 0) is 4.74 Å². The van der Waals surface area contributed by atoms with Gasteiger partial charge in [0.2, 0.25) is 0 Å². The first-order valence-corrected chi connectivity index (χ1v) is 11.7. The molecule has 2 amide bonds. The Bertz CT molecular complexity index is 1720. The van der Waals surface area contributed by atoms with E-state index >= 15 is 0 Å². The summed E-state index contributed by atoms with van der Waals surface area (Å²) in [5.74, 6) is -2.37. The highest BCUT2D eigenvalue weighted by atomic mass is 16.6. The van der Waals surface area contributed by atoms with Crippen LogP contribution in [0.1, 0.15) is 41.4 Å². The average Bonchev–Trinajstić information content (AvgIpc) is 2.89. The van der Waals surface area contributed by atoms with E-state index in [1.165, 1.54) is 22.6 Å². The largest absolute Gasteiger partial charge is 0.386 e. The van der Waals surface area contributed by atoms with Gasteiger partial charge in [0, 0.05) is 33.7 Å². The molecule has 2 unspecified atom stereocenters. The van der Waals surface area contributed by atoms with Gasteiger partial charge in [0.15, 0.2) is 0 Å². The summed E-state index contributed by atoms with van der Waals surface area (Å²) in [4.78, 5) is 53.9. The van der Waals surface area contributed by atoms with Gasteiger partial charge in [-0.25, -0.2) is 14.5 Å². The summed E-state index contributed by atoms with van der Waals surface area (Å²) in [6.45, 7) is 0. The number of cyclic esters (lactones) is 2. The average molecular weight is 469 g/mol. The second kappa shape index (κ2) is 6.43. The standard InChI is InChI=1S/C30H15NO5/c32-27-18-9-11-20-26-21(30(35)36-29(20)34)12-10-19(25(18)26)28(33)31(27)22-13-16-5-1-3-14-7-8-15-4-2-6-17(22)24(15)23(14)16/h1-13,23-24H. The Morgan fingerprint density at radius 3 is 1.83 bits per heavy atom. The summed E-state index contributed by atoms with van der Waals surface area (Å²) in [6, 6.07) is 6.07. The van der Waals surface area contributed by atoms with Crippen molar-refractivity contribution < 1.29 is 23.9 Å². The normalized spacial score (nSPS) is 24.6. The fourth-order valence-corrected chi connectivity index (χ4v) is 6.34. The molecule has 170 valence electrons. The number of imide groups is 1. The predicted octanol–water partition coefficient (Wildman–Crippen LogP) is 4.74. The van der Waals surface area contributed by atoms with Crippen LogP contribution in [0.3, 0.4) is 0 Å². The monoisotopic (exact) mass is 469 g/mol. The molecule has 2 aliphatic heterocycles. The lowest BCUT2D eigenvalue weighted by molar-refractivity contribution is 0.0389. The highest BCUT2D eigenvalue weighted by Crippen LogP contribution is 2.52. The number of rotatable bonds is 1. The lowest BCUT2D eigenvalue weighted by Crippen LogP contribution is -2.43. The molecule has 0 spiro atoms. The van der Waals surface area contributed by atoms with Gasteiger partial charge in [0.1, 0.15) is 0 Å². The minimum absolute atomic E-state index is 0.0101. The van der Waals surface area contributed by atoms with Crippen molar-refractivity contribution >= 4 is 34.5 Å². The third-order valence-corrected chi connectivity index (χ3v) is 7.85. The Morgan fingerprint density at radius 1 is 0.611 bits per heavy atom. The summed E-state index contributed by atoms with van der Waals surface area (Å²) < 4.78 is 4.84. The molecule has 0 radical (unpaired) electrons. The van der Waals surface area contributed by atoms with Crippen molar-refractivity contribution in [2.45, 2.75) is 0 Å². The van der Waals surface area contributed by atoms with E-state index < -0.39 is 23.8 Å². The zero-order valence-electron chi connectivity index (χ0n) is 18.6. The molecule has 0 aromatic heterocycles. The number of allylic oxidation sites excluding steroid dienone is 13. The number of carbonyl (C=O) groups is 4. The van der Waals surface area contributed by atoms with Gasteiger partial charge in [0.05, 0.1) is 16.8 Å². The van der Waals surface area contributed by atoms with Crippen LogP contribution in [0.4, 0.5) is 0 Å². The molecule has 2 aromatic carbocycles. The van der Waals surface area contributed by atoms with E-state index in [0.29, 0.717) is 16.5 Å². The Hall–Kier alpha value is -4.84. The van der Waals surface area contributed by atoms with Crippen molar-refractivity contribution in [1.82, 2.24) is 4.90 Å². The van der Waals surface area contributed by atoms with Crippen molar-refractivity contribution in [3.63, 3.8) is 0 Å². The summed E-state index contributed by atoms with van der Waals surface area (Å²) >= 11 is 0. The summed E-state index contributed by atoms with van der Waals surface area (Å²) in [5.41, 5.74) is 5.77. The van der Waals surface area contributed by atoms with Crippen LogP contribution < -0.4 is 0 Å². The van der Waals surface area contributed by atoms with Gasteiger partial charge < -0.3 is 4.74 Å². The molecule has 4 aliphatic carbocycles. The number of benzene rings is 2. The molecule has 6 nitrogen and oxygen atoms in total. The second-order valence-corrected chi connectivity index (χ2v) is 9.52. The van der Waals surface area contributed by atoms with Crippen LogP contribution in [0, 0.1) is 11.8 Å². The van der Waals surface area contributed by atoms with Gasteiger partial charge in [-0.3, -0.25) is 9.59 Å². The molecule has 0 fully saturated rings. The smallest absolute Gasteiger partial charge is 0.346 e. The summed E-state index contributed by atoms with van der Waals surface area (Å²) in [5, 5.41) is 0.633. The van der Waals surface area contributed by atoms with Crippen LogP contribution >= 0.6 is 0 Å². The SMILES string of the molecule is O=C1OC(=O)c2ccc3c4c(ccc1c24)C(=O)N(C1=CC2=CC=CC4=CC=C5C=CC=C1C5C42)C3=O. The first-order valence-electron chi connectivity index (χ1n) is 11.7. The van der Waals surface area contributed by atoms with Crippen LogP contribution in [0.15, 0.2) is 107 Å². The lowest BCUT2D eigenvalue weighted by atomic mass is 9.63. The van der Waals surface area contributed by atoms with E-state index in [1.54, 1.807) is 12.1 Å². The molecule has 0 saturated carbocycles. The maximum absolute atomic E-state index is 14.0. The van der Waals surface area contributed by atoms with Crippen molar-refractivity contribution in [3.05, 3.63) is 129 Å². The highest BCUT2D eigenvalue weighted by molar-refractivity contribution is 6.32. The Balaban J connectivity index is 1.36. The molecule has 0 N–H and O–H groups in total. The molecular weight excluding hydrogens is 454 g/mol. The number of hydrogen-bond donors (Lipinski definition) is 0. The van der Waals surface area contributed by atoms with Gasteiger partial charge in [-0.15, -0.1) is 0 Å². The fraction of sp³-hybridized carbons (Fsp3) is 0.0667. The van der Waals surface area contributed by atoms with E-state index in [-0.39, 0.29) is 34.1 Å². The molecule has 8 rings (SSSR count). The number of hydrogen-bond acceptors (Lipinski definition) is 5. The molecule has 36 heavy (non-hydrogen) atoms. The Morgan fingerprint density at radius 2 is 1.17 bits per heavy atom. The van der Waals surface area contributed by atoms with Crippen molar-refractivity contribution in [1.29, 1.82) is 0 Å². The van der Waals surface area contributed by atoms with E-state index in [9.17, 15) is 19.2 Å². The third-order valence-electron chi connectivity index (χ3n) is 7.85. The lowest BCUT2D eigenvalue weighted by Gasteiger charge is -2.43. The van der Waals surface area contributed by atoms with E-state index in [1.807, 2.05) is 30.4 Å². The molecule has 2 heterocycles. The first kappa shape index (κ1) is 19.5. The molecule has 6 aliphatic rings. The maximum Gasteiger partial charge on any atom is 0.346 e. The van der Waals surface area contributed by atoms with Crippen molar-refractivity contribution in [3.8, 4) is 0 Å². The van der Waals surface area contributed by atoms with E-state index in [2.05, 4.69) is 24.3 Å². The van der Waals surface area contributed by atoms with E-state index in [0.717, 1.165) is 16.7 Å². The molecule has 6 heteroatoms. The quantitative estimate of drug-likeness (QED) is 0.343. The first-order chi connectivity index (χ1) is 17.5. The molecular formula is C30H15NO5. The minimum atomic E-state index is -0.781. The van der Waals surface area contributed by atoms with Gasteiger partial charge >= 0.3 is 11.9 Å². The number of amides is 2. The zero-order valence-corrected chi connectivity index (χ0v) is 18.6. The van der Waals surface area contributed by atoms with Crippen molar-refractivity contribution in [2.24, 2.45) is 11.8 Å².